The topological polar surface area (TPSA) is 65.7 Å². The molecule has 0 aliphatic rings. The van der Waals surface area contributed by atoms with Crippen molar-refractivity contribution in [3.8, 4) is 0 Å². The van der Waals surface area contributed by atoms with Gasteiger partial charge in [0.1, 0.15) is 0 Å². The van der Waals surface area contributed by atoms with Crippen LogP contribution >= 0.6 is 0 Å². The van der Waals surface area contributed by atoms with Gasteiger partial charge >= 0.3 is 5.69 Å². The van der Waals surface area contributed by atoms with Crippen LogP contribution in [0.15, 0.2) is 46.0 Å². The van der Waals surface area contributed by atoms with Crippen molar-refractivity contribution in [3.05, 3.63) is 63.0 Å². The molecule has 0 radical (unpaired) electrons. The van der Waals surface area contributed by atoms with Crippen LogP contribution in [0.3, 0.4) is 0 Å². The fourth-order valence-electron chi connectivity index (χ4n) is 1.24. The zero-order chi connectivity index (χ0) is 12.0. The van der Waals surface area contributed by atoms with Gasteiger partial charge in [-0.2, -0.15) is 0 Å². The van der Waals surface area contributed by atoms with E-state index in [0.717, 1.165) is 5.57 Å². The SMILES string of the molecule is CC=C/C(=C\C=C/C)c1cc(=O)[nH]c(=O)[nH]1. The summed E-state index contributed by atoms with van der Waals surface area (Å²) >= 11 is 0. The first-order chi connectivity index (χ1) is 7.67. The Morgan fingerprint density at radius 2 is 1.94 bits per heavy atom. The van der Waals surface area contributed by atoms with Crippen LogP contribution in [0.1, 0.15) is 19.5 Å². The summed E-state index contributed by atoms with van der Waals surface area (Å²) in [6, 6.07) is 1.36. The number of nitrogens with one attached hydrogen (secondary N) is 2. The molecule has 1 rings (SSSR count). The van der Waals surface area contributed by atoms with Gasteiger partial charge in [0.25, 0.3) is 5.56 Å². The molecule has 0 fully saturated rings. The molecule has 4 nitrogen and oxygen atoms in total. The van der Waals surface area contributed by atoms with Crippen molar-refractivity contribution in [1.29, 1.82) is 0 Å². The Labute approximate surface area is 93.0 Å². The Morgan fingerprint density at radius 1 is 1.19 bits per heavy atom. The first kappa shape index (κ1) is 12.0. The lowest BCUT2D eigenvalue weighted by atomic mass is 10.1. The highest BCUT2D eigenvalue weighted by molar-refractivity contribution is 5.72. The lowest BCUT2D eigenvalue weighted by Gasteiger charge is -1.99. The van der Waals surface area contributed by atoms with Gasteiger partial charge in [0.05, 0.1) is 5.69 Å². The van der Waals surface area contributed by atoms with Gasteiger partial charge < -0.3 is 4.98 Å². The molecule has 0 aliphatic heterocycles. The minimum Gasteiger partial charge on any atom is -0.307 e. The monoisotopic (exact) mass is 218 g/mol. The predicted molar refractivity (Wildman–Crippen MR) is 65.3 cm³/mol. The molecule has 1 aromatic rings. The third kappa shape index (κ3) is 3.24. The molecule has 0 amide bonds. The Hall–Kier alpha value is -2.10. The molecule has 0 unspecified atom stereocenters. The maximum Gasteiger partial charge on any atom is 0.326 e. The number of H-pyrrole nitrogens is 2. The van der Waals surface area contributed by atoms with Crippen LogP contribution in [0, 0.1) is 0 Å². The Morgan fingerprint density at radius 3 is 2.50 bits per heavy atom. The highest BCUT2D eigenvalue weighted by Crippen LogP contribution is 2.10. The summed E-state index contributed by atoms with van der Waals surface area (Å²) in [5, 5.41) is 0. The van der Waals surface area contributed by atoms with Crippen LogP contribution in [0.5, 0.6) is 0 Å². The summed E-state index contributed by atoms with van der Waals surface area (Å²) in [5.41, 5.74) is 0.377. The van der Waals surface area contributed by atoms with Crippen molar-refractivity contribution in [2.75, 3.05) is 0 Å². The summed E-state index contributed by atoms with van der Waals surface area (Å²) in [6.07, 6.45) is 9.20. The average molecular weight is 218 g/mol. The number of hydrogen-bond donors (Lipinski definition) is 2. The largest absolute Gasteiger partial charge is 0.326 e. The highest BCUT2D eigenvalue weighted by atomic mass is 16.2. The fourth-order valence-corrected chi connectivity index (χ4v) is 1.24. The van der Waals surface area contributed by atoms with Crippen LogP contribution in [-0.4, -0.2) is 9.97 Å². The molecule has 0 bridgehead atoms. The lowest BCUT2D eigenvalue weighted by molar-refractivity contribution is 1.02. The van der Waals surface area contributed by atoms with Crippen LogP contribution < -0.4 is 11.2 Å². The minimum absolute atomic E-state index is 0.408. The number of aromatic nitrogens is 2. The number of aromatic amines is 2. The maximum atomic E-state index is 11.1. The Kier molecular flexibility index (Phi) is 4.27. The second kappa shape index (κ2) is 5.70. The van der Waals surface area contributed by atoms with E-state index in [1.165, 1.54) is 6.07 Å². The molecule has 0 aromatic carbocycles. The van der Waals surface area contributed by atoms with Crippen LogP contribution in [0.4, 0.5) is 0 Å². The Bertz CT molecular complexity index is 516. The van der Waals surface area contributed by atoms with Gasteiger partial charge in [0.2, 0.25) is 0 Å². The Balaban J connectivity index is 3.31. The van der Waals surface area contributed by atoms with E-state index >= 15 is 0 Å². The van der Waals surface area contributed by atoms with Crippen molar-refractivity contribution < 1.29 is 0 Å². The third-order valence-corrected chi connectivity index (χ3v) is 1.89. The molecule has 0 saturated carbocycles. The fraction of sp³-hybridized carbons (Fsp3) is 0.167. The first-order valence-corrected chi connectivity index (χ1v) is 4.97. The van der Waals surface area contributed by atoms with Gasteiger partial charge in [-0.25, -0.2) is 4.79 Å². The van der Waals surface area contributed by atoms with Crippen molar-refractivity contribution in [1.82, 2.24) is 9.97 Å². The molecular weight excluding hydrogens is 204 g/mol. The smallest absolute Gasteiger partial charge is 0.307 e. The van der Waals surface area contributed by atoms with E-state index in [-0.39, 0.29) is 0 Å². The van der Waals surface area contributed by atoms with Gasteiger partial charge in [-0.1, -0.05) is 30.4 Å². The van der Waals surface area contributed by atoms with Gasteiger partial charge in [-0.05, 0) is 19.4 Å². The van der Waals surface area contributed by atoms with E-state index in [9.17, 15) is 9.59 Å². The highest BCUT2D eigenvalue weighted by Gasteiger charge is 1.99. The van der Waals surface area contributed by atoms with Gasteiger partial charge in [-0.3, -0.25) is 9.78 Å². The summed E-state index contributed by atoms with van der Waals surface area (Å²) in [7, 11) is 0. The van der Waals surface area contributed by atoms with Crippen molar-refractivity contribution in [3.63, 3.8) is 0 Å². The van der Waals surface area contributed by atoms with Crippen LogP contribution in [0.25, 0.3) is 5.57 Å². The normalized spacial score (nSPS) is 12.8. The minimum atomic E-state index is -0.501. The molecule has 2 N–H and O–H groups in total. The van der Waals surface area contributed by atoms with Crippen LogP contribution in [0.2, 0.25) is 0 Å². The van der Waals surface area contributed by atoms with Gasteiger partial charge in [-0.15, -0.1) is 0 Å². The quantitative estimate of drug-likeness (QED) is 0.757. The molecule has 0 aliphatic carbocycles. The third-order valence-electron chi connectivity index (χ3n) is 1.89. The molecule has 0 spiro atoms. The van der Waals surface area contributed by atoms with Gasteiger partial charge in [0, 0.05) is 6.07 Å². The molecule has 16 heavy (non-hydrogen) atoms. The second-order valence-corrected chi connectivity index (χ2v) is 3.15. The molecule has 84 valence electrons. The second-order valence-electron chi connectivity index (χ2n) is 3.15. The summed E-state index contributed by atoms with van der Waals surface area (Å²) in [5.74, 6) is 0. The van der Waals surface area contributed by atoms with Crippen LogP contribution in [-0.2, 0) is 0 Å². The predicted octanol–water partition coefficient (Wildman–Crippen LogP) is 1.60. The maximum absolute atomic E-state index is 11.1. The van der Waals surface area contributed by atoms with Gasteiger partial charge in [0.15, 0.2) is 0 Å². The molecule has 0 atom stereocenters. The average Bonchev–Trinajstić information content (AvgIpc) is 2.22. The van der Waals surface area contributed by atoms with Crippen molar-refractivity contribution in [2.45, 2.75) is 13.8 Å². The molecule has 4 heteroatoms. The van der Waals surface area contributed by atoms with Crippen molar-refractivity contribution >= 4 is 5.57 Å². The molecule has 0 saturated heterocycles. The number of rotatable bonds is 3. The van der Waals surface area contributed by atoms with E-state index in [1.54, 1.807) is 0 Å². The summed E-state index contributed by atoms with van der Waals surface area (Å²) < 4.78 is 0. The number of hydrogen-bond acceptors (Lipinski definition) is 2. The first-order valence-electron chi connectivity index (χ1n) is 4.97. The van der Waals surface area contributed by atoms with Crippen molar-refractivity contribution in [2.24, 2.45) is 0 Å². The van der Waals surface area contributed by atoms with E-state index < -0.39 is 11.2 Å². The number of allylic oxidation sites excluding steroid dienone is 6. The molecular formula is C12H14N2O2. The molecule has 1 heterocycles. The lowest BCUT2D eigenvalue weighted by Crippen LogP contribution is -2.22. The van der Waals surface area contributed by atoms with E-state index in [2.05, 4.69) is 9.97 Å². The zero-order valence-electron chi connectivity index (χ0n) is 9.28. The standard InChI is InChI=1S/C12H14N2O2/c1-3-5-7-9(6-4-2)10-8-11(15)14-12(16)13-10/h3-8H,1-2H3,(H2,13,14,15,16)/b5-3-,6-4?,9-7+. The van der Waals surface area contributed by atoms with E-state index in [1.807, 2.05) is 44.2 Å². The van der Waals surface area contributed by atoms with E-state index in [0.29, 0.717) is 5.69 Å². The molecule has 1 aromatic heterocycles. The zero-order valence-corrected chi connectivity index (χ0v) is 9.28. The van der Waals surface area contributed by atoms with E-state index in [4.69, 9.17) is 0 Å². The summed E-state index contributed by atoms with van der Waals surface area (Å²) in [4.78, 5) is 27.0. The summed E-state index contributed by atoms with van der Waals surface area (Å²) in [6.45, 7) is 3.76.